The molecule has 0 spiro atoms. The van der Waals surface area contributed by atoms with Crippen molar-refractivity contribution in [1.82, 2.24) is 0 Å². The van der Waals surface area contributed by atoms with Gasteiger partial charge in [0.1, 0.15) is 0 Å². The van der Waals surface area contributed by atoms with E-state index < -0.39 is 0 Å². The van der Waals surface area contributed by atoms with Gasteiger partial charge in [-0.1, -0.05) is 23.9 Å². The Bertz CT molecular complexity index is 120. The van der Waals surface area contributed by atoms with Gasteiger partial charge in [0.05, 0.1) is 7.11 Å². The minimum Gasteiger partial charge on any atom is -0.482 e. The molecule has 0 atom stereocenters. The number of hydrogen-bond acceptors (Lipinski definition) is 3. The van der Waals surface area contributed by atoms with Crippen LogP contribution in [0, 0.1) is 0 Å². The van der Waals surface area contributed by atoms with Crippen molar-refractivity contribution >= 4 is 28.4 Å². The maximum Gasteiger partial charge on any atom is 0.219 e. The topological polar surface area (TPSA) is 9.23 Å². The SMILES string of the molecule is C=C(C)CSC(=S)OC. The summed E-state index contributed by atoms with van der Waals surface area (Å²) < 4.78 is 5.34. The zero-order chi connectivity index (χ0) is 7.28. The Morgan fingerprint density at radius 3 is 2.67 bits per heavy atom. The molecule has 3 heteroatoms. The molecule has 0 aliphatic rings. The monoisotopic (exact) mass is 162 g/mol. The van der Waals surface area contributed by atoms with Gasteiger partial charge in [-0.15, -0.1) is 0 Å². The summed E-state index contributed by atoms with van der Waals surface area (Å²) in [5.41, 5.74) is 1.11. The first kappa shape index (κ1) is 8.98. The quantitative estimate of drug-likeness (QED) is 0.455. The van der Waals surface area contributed by atoms with Crippen LogP contribution in [0.3, 0.4) is 0 Å². The summed E-state index contributed by atoms with van der Waals surface area (Å²) in [6.45, 7) is 5.69. The average molecular weight is 162 g/mol. The highest BCUT2D eigenvalue weighted by Gasteiger charge is 1.93. The lowest BCUT2D eigenvalue weighted by Crippen LogP contribution is -1.92. The second-order valence-corrected chi connectivity index (χ2v) is 3.28. The van der Waals surface area contributed by atoms with Gasteiger partial charge >= 0.3 is 0 Å². The fraction of sp³-hybridized carbons (Fsp3) is 0.500. The van der Waals surface area contributed by atoms with Crippen LogP contribution < -0.4 is 0 Å². The van der Waals surface area contributed by atoms with Crippen molar-refractivity contribution in [1.29, 1.82) is 0 Å². The summed E-state index contributed by atoms with van der Waals surface area (Å²) in [5.74, 6) is 0.854. The molecule has 0 radical (unpaired) electrons. The lowest BCUT2D eigenvalue weighted by Gasteiger charge is -1.99. The first-order valence-electron chi connectivity index (χ1n) is 2.52. The maximum absolute atomic E-state index is 4.77. The standard InChI is InChI=1S/C6H10OS2/c1-5(2)4-9-6(8)7-3/h1,4H2,2-3H3. The molecular formula is C6H10OS2. The molecule has 0 rings (SSSR count). The zero-order valence-electron chi connectivity index (χ0n) is 5.64. The molecule has 1 nitrogen and oxygen atoms in total. The lowest BCUT2D eigenvalue weighted by molar-refractivity contribution is 0.426. The van der Waals surface area contributed by atoms with Gasteiger partial charge in [-0.2, -0.15) is 0 Å². The zero-order valence-corrected chi connectivity index (χ0v) is 7.27. The van der Waals surface area contributed by atoms with Crippen LogP contribution in [0.5, 0.6) is 0 Å². The van der Waals surface area contributed by atoms with E-state index in [9.17, 15) is 0 Å². The molecule has 0 amide bonds. The Morgan fingerprint density at radius 1 is 1.78 bits per heavy atom. The van der Waals surface area contributed by atoms with Gasteiger partial charge in [-0.3, -0.25) is 0 Å². The smallest absolute Gasteiger partial charge is 0.219 e. The fourth-order valence-corrected chi connectivity index (χ4v) is 0.900. The molecule has 9 heavy (non-hydrogen) atoms. The number of methoxy groups -OCH3 is 1. The molecule has 0 aromatic heterocycles. The van der Waals surface area contributed by atoms with Crippen LogP contribution in [0.25, 0.3) is 0 Å². The summed E-state index contributed by atoms with van der Waals surface area (Å²) in [7, 11) is 1.58. The second kappa shape index (κ2) is 4.82. The molecule has 0 aromatic carbocycles. The molecular weight excluding hydrogens is 152 g/mol. The summed E-state index contributed by atoms with van der Waals surface area (Å²) in [4.78, 5) is 0. The normalized spacial score (nSPS) is 8.67. The number of thioether (sulfide) groups is 1. The van der Waals surface area contributed by atoms with E-state index in [1.807, 2.05) is 6.92 Å². The Hall–Kier alpha value is -0.0200. The molecule has 0 unspecified atom stereocenters. The van der Waals surface area contributed by atoms with Crippen molar-refractivity contribution in [2.24, 2.45) is 0 Å². The molecule has 0 N–H and O–H groups in total. The molecule has 0 fully saturated rings. The first-order valence-corrected chi connectivity index (χ1v) is 3.91. The molecule has 0 aliphatic heterocycles. The van der Waals surface area contributed by atoms with Crippen LogP contribution >= 0.6 is 24.0 Å². The molecule has 0 saturated heterocycles. The van der Waals surface area contributed by atoms with Crippen LogP contribution in [0.1, 0.15) is 6.92 Å². The van der Waals surface area contributed by atoms with Crippen molar-refractivity contribution in [3.63, 3.8) is 0 Å². The molecule has 0 aromatic rings. The highest BCUT2D eigenvalue weighted by atomic mass is 32.2. The largest absolute Gasteiger partial charge is 0.482 e. The Kier molecular flexibility index (Phi) is 4.81. The number of rotatable bonds is 2. The van der Waals surface area contributed by atoms with Crippen LogP contribution in [0.2, 0.25) is 0 Å². The highest BCUT2D eigenvalue weighted by molar-refractivity contribution is 8.22. The average Bonchev–Trinajstić information content (AvgIpc) is 1.83. The van der Waals surface area contributed by atoms with Crippen LogP contribution in [0.15, 0.2) is 12.2 Å². The van der Waals surface area contributed by atoms with E-state index in [4.69, 9.17) is 17.0 Å². The van der Waals surface area contributed by atoms with Crippen LogP contribution in [0.4, 0.5) is 0 Å². The van der Waals surface area contributed by atoms with E-state index in [0.29, 0.717) is 4.38 Å². The summed E-state index contributed by atoms with van der Waals surface area (Å²) in [5, 5.41) is 0. The highest BCUT2D eigenvalue weighted by Crippen LogP contribution is 2.08. The molecule has 0 heterocycles. The van der Waals surface area contributed by atoms with Crippen LogP contribution in [-0.2, 0) is 4.74 Å². The lowest BCUT2D eigenvalue weighted by atomic mass is 10.4. The second-order valence-electron chi connectivity index (χ2n) is 1.70. The molecule has 0 bridgehead atoms. The van der Waals surface area contributed by atoms with E-state index >= 15 is 0 Å². The summed E-state index contributed by atoms with van der Waals surface area (Å²) in [6.07, 6.45) is 0. The van der Waals surface area contributed by atoms with Crippen molar-refractivity contribution in [2.75, 3.05) is 12.9 Å². The van der Waals surface area contributed by atoms with E-state index in [0.717, 1.165) is 11.3 Å². The molecule has 0 saturated carbocycles. The maximum atomic E-state index is 4.77. The predicted molar refractivity (Wildman–Crippen MR) is 46.9 cm³/mol. The van der Waals surface area contributed by atoms with E-state index in [2.05, 4.69) is 6.58 Å². The molecule has 52 valence electrons. The van der Waals surface area contributed by atoms with Crippen molar-refractivity contribution in [3.05, 3.63) is 12.2 Å². The number of ether oxygens (including phenoxy) is 1. The third-order valence-electron chi connectivity index (χ3n) is 0.603. The molecule has 0 aliphatic carbocycles. The van der Waals surface area contributed by atoms with Gasteiger partial charge < -0.3 is 4.74 Å². The fourth-order valence-electron chi connectivity index (χ4n) is 0.241. The van der Waals surface area contributed by atoms with Crippen molar-refractivity contribution in [3.8, 4) is 0 Å². The number of hydrogen-bond donors (Lipinski definition) is 0. The van der Waals surface area contributed by atoms with Crippen LogP contribution in [-0.4, -0.2) is 17.2 Å². The van der Waals surface area contributed by atoms with Gasteiger partial charge in [0.2, 0.25) is 4.38 Å². The van der Waals surface area contributed by atoms with E-state index in [-0.39, 0.29) is 0 Å². The number of thiocarbonyl (C=S) groups is 1. The Morgan fingerprint density at radius 2 is 2.33 bits per heavy atom. The Balaban J connectivity index is 3.28. The van der Waals surface area contributed by atoms with E-state index in [1.54, 1.807) is 7.11 Å². The van der Waals surface area contributed by atoms with Gasteiger partial charge in [0, 0.05) is 5.75 Å². The van der Waals surface area contributed by atoms with Crippen molar-refractivity contribution < 1.29 is 4.74 Å². The van der Waals surface area contributed by atoms with Gasteiger partial charge in [0.25, 0.3) is 0 Å². The third-order valence-corrected chi connectivity index (χ3v) is 2.16. The summed E-state index contributed by atoms with van der Waals surface area (Å²) >= 11 is 6.27. The van der Waals surface area contributed by atoms with Crippen molar-refractivity contribution in [2.45, 2.75) is 6.92 Å². The minimum atomic E-state index is 0.581. The third kappa shape index (κ3) is 5.86. The van der Waals surface area contributed by atoms with E-state index in [1.165, 1.54) is 11.8 Å². The first-order chi connectivity index (χ1) is 4.16. The van der Waals surface area contributed by atoms with Gasteiger partial charge in [0.15, 0.2) is 0 Å². The predicted octanol–water partition coefficient (Wildman–Crippen LogP) is 2.23. The summed E-state index contributed by atoms with van der Waals surface area (Å²) in [6, 6.07) is 0. The minimum absolute atomic E-state index is 0.581. The van der Waals surface area contributed by atoms with Gasteiger partial charge in [-0.25, -0.2) is 0 Å². The Labute approximate surface area is 65.5 Å². The van der Waals surface area contributed by atoms with Gasteiger partial charge in [-0.05, 0) is 19.1 Å².